The molecule has 5 nitrogen and oxygen atoms in total. The summed E-state index contributed by atoms with van der Waals surface area (Å²) in [5.41, 5.74) is 0. The third kappa shape index (κ3) is 2.31. The molecule has 1 heterocycles. The molecular weight excluding hydrogens is 182 g/mol. The van der Waals surface area contributed by atoms with Gasteiger partial charge in [-0.2, -0.15) is 5.10 Å². The Hall–Kier alpha value is -1.39. The summed E-state index contributed by atoms with van der Waals surface area (Å²) in [6.45, 7) is 0.898. The average molecular weight is 195 g/mol. The van der Waals surface area contributed by atoms with E-state index in [0.717, 1.165) is 18.3 Å². The van der Waals surface area contributed by atoms with Gasteiger partial charge in [-0.15, -0.1) is 0 Å². The number of aliphatic carboxylic acids is 1. The molecule has 14 heavy (non-hydrogen) atoms. The van der Waals surface area contributed by atoms with Crippen LogP contribution in [0.3, 0.4) is 0 Å². The Bertz CT molecular complexity index is 331. The number of nitrogens with zero attached hydrogens (tertiary/aromatic N) is 3. The molecule has 0 atom stereocenters. The first-order valence-corrected chi connectivity index (χ1v) is 4.84. The van der Waals surface area contributed by atoms with Crippen LogP contribution >= 0.6 is 0 Å². The molecule has 0 spiro atoms. The Balaban J connectivity index is 1.93. The summed E-state index contributed by atoms with van der Waals surface area (Å²) < 4.78 is 1.83. The van der Waals surface area contributed by atoms with Crippen molar-refractivity contribution in [2.24, 2.45) is 5.92 Å². The normalized spacial score (nSPS) is 15.7. The molecule has 76 valence electrons. The highest BCUT2D eigenvalue weighted by molar-refractivity contribution is 5.66. The Labute approximate surface area is 81.8 Å². The Morgan fingerprint density at radius 2 is 2.43 bits per heavy atom. The number of carboxylic acid groups (broad SMARTS) is 1. The van der Waals surface area contributed by atoms with Gasteiger partial charge in [-0.05, 0) is 18.8 Å². The standard InChI is InChI=1S/C9H13N3O2/c13-9(14)4-3-8-10-6-11-12(8)5-7-1-2-7/h6-7H,1-5H2,(H,13,14). The molecule has 0 radical (unpaired) electrons. The number of rotatable bonds is 5. The maximum Gasteiger partial charge on any atom is 0.303 e. The van der Waals surface area contributed by atoms with Crippen LogP contribution in [0.5, 0.6) is 0 Å². The van der Waals surface area contributed by atoms with Crippen LogP contribution in [0.4, 0.5) is 0 Å². The molecule has 0 aliphatic heterocycles. The number of aryl methyl sites for hydroxylation is 1. The van der Waals surface area contributed by atoms with E-state index in [0.29, 0.717) is 6.42 Å². The molecule has 2 rings (SSSR count). The van der Waals surface area contributed by atoms with Crippen molar-refractivity contribution >= 4 is 5.97 Å². The minimum absolute atomic E-state index is 0.128. The van der Waals surface area contributed by atoms with E-state index in [1.807, 2.05) is 4.68 Å². The van der Waals surface area contributed by atoms with Gasteiger partial charge in [-0.3, -0.25) is 4.79 Å². The highest BCUT2D eigenvalue weighted by atomic mass is 16.4. The van der Waals surface area contributed by atoms with Crippen molar-refractivity contribution in [1.82, 2.24) is 14.8 Å². The van der Waals surface area contributed by atoms with Gasteiger partial charge in [0.05, 0.1) is 6.42 Å². The molecule has 1 fully saturated rings. The van der Waals surface area contributed by atoms with Gasteiger partial charge in [-0.25, -0.2) is 9.67 Å². The zero-order valence-corrected chi connectivity index (χ0v) is 7.89. The average Bonchev–Trinajstić information content (AvgIpc) is 2.81. The van der Waals surface area contributed by atoms with Gasteiger partial charge >= 0.3 is 5.97 Å². The summed E-state index contributed by atoms with van der Waals surface area (Å²) in [4.78, 5) is 14.4. The largest absolute Gasteiger partial charge is 0.481 e. The Kier molecular flexibility index (Phi) is 2.47. The second-order valence-electron chi connectivity index (χ2n) is 3.70. The van der Waals surface area contributed by atoms with Crippen molar-refractivity contribution in [2.75, 3.05) is 0 Å². The van der Waals surface area contributed by atoms with Crippen molar-refractivity contribution in [1.29, 1.82) is 0 Å². The third-order valence-electron chi connectivity index (χ3n) is 2.39. The van der Waals surface area contributed by atoms with Gasteiger partial charge in [0.25, 0.3) is 0 Å². The lowest BCUT2D eigenvalue weighted by molar-refractivity contribution is -0.137. The lowest BCUT2D eigenvalue weighted by atomic mass is 10.3. The molecule has 5 heteroatoms. The molecule has 0 aromatic carbocycles. The second-order valence-corrected chi connectivity index (χ2v) is 3.70. The van der Waals surface area contributed by atoms with Gasteiger partial charge in [0.2, 0.25) is 0 Å². The molecule has 0 bridgehead atoms. The fraction of sp³-hybridized carbons (Fsp3) is 0.667. The van der Waals surface area contributed by atoms with Crippen molar-refractivity contribution < 1.29 is 9.90 Å². The quantitative estimate of drug-likeness (QED) is 0.751. The van der Waals surface area contributed by atoms with Gasteiger partial charge in [0.1, 0.15) is 12.2 Å². The topological polar surface area (TPSA) is 68.0 Å². The summed E-state index contributed by atoms with van der Waals surface area (Å²) in [5, 5.41) is 12.6. The monoisotopic (exact) mass is 195 g/mol. The van der Waals surface area contributed by atoms with Crippen LogP contribution in [0.2, 0.25) is 0 Å². The van der Waals surface area contributed by atoms with Crippen LogP contribution in [-0.2, 0) is 17.8 Å². The van der Waals surface area contributed by atoms with E-state index in [9.17, 15) is 4.79 Å². The zero-order valence-electron chi connectivity index (χ0n) is 7.89. The van der Waals surface area contributed by atoms with Crippen LogP contribution in [0.1, 0.15) is 25.1 Å². The molecule has 1 N–H and O–H groups in total. The number of carbonyl (C=O) groups is 1. The Morgan fingerprint density at radius 1 is 1.64 bits per heavy atom. The highest BCUT2D eigenvalue weighted by Crippen LogP contribution is 2.30. The summed E-state index contributed by atoms with van der Waals surface area (Å²) >= 11 is 0. The zero-order chi connectivity index (χ0) is 9.97. The predicted octanol–water partition coefficient (Wildman–Crippen LogP) is 0.705. The van der Waals surface area contributed by atoms with Crippen molar-refractivity contribution in [3.63, 3.8) is 0 Å². The summed E-state index contributed by atoms with van der Waals surface area (Å²) in [5.74, 6) is 0.741. The first kappa shape index (κ1) is 9.18. The fourth-order valence-electron chi connectivity index (χ4n) is 1.40. The molecule has 1 aromatic rings. The van der Waals surface area contributed by atoms with E-state index in [1.165, 1.54) is 19.2 Å². The number of aromatic nitrogens is 3. The first-order valence-electron chi connectivity index (χ1n) is 4.84. The smallest absolute Gasteiger partial charge is 0.303 e. The molecular formula is C9H13N3O2. The van der Waals surface area contributed by atoms with Crippen molar-refractivity contribution in [3.8, 4) is 0 Å². The van der Waals surface area contributed by atoms with Crippen molar-refractivity contribution in [3.05, 3.63) is 12.2 Å². The van der Waals surface area contributed by atoms with Crippen LogP contribution in [0, 0.1) is 5.92 Å². The predicted molar refractivity (Wildman–Crippen MR) is 48.7 cm³/mol. The van der Waals surface area contributed by atoms with Crippen LogP contribution < -0.4 is 0 Å². The molecule has 1 aliphatic carbocycles. The van der Waals surface area contributed by atoms with Gasteiger partial charge in [0.15, 0.2) is 0 Å². The summed E-state index contributed by atoms with van der Waals surface area (Å²) in [7, 11) is 0. The third-order valence-corrected chi connectivity index (χ3v) is 2.39. The molecule has 1 aromatic heterocycles. The number of hydrogen-bond acceptors (Lipinski definition) is 3. The molecule has 0 unspecified atom stereocenters. The number of hydrogen-bond donors (Lipinski definition) is 1. The fourth-order valence-corrected chi connectivity index (χ4v) is 1.40. The van der Waals surface area contributed by atoms with Crippen LogP contribution in [-0.4, -0.2) is 25.8 Å². The summed E-state index contributed by atoms with van der Waals surface area (Å²) in [6.07, 6.45) is 4.63. The maximum absolute atomic E-state index is 10.4. The van der Waals surface area contributed by atoms with E-state index in [-0.39, 0.29) is 6.42 Å². The highest BCUT2D eigenvalue weighted by Gasteiger charge is 2.23. The Morgan fingerprint density at radius 3 is 3.07 bits per heavy atom. The van der Waals surface area contributed by atoms with Gasteiger partial charge in [-0.1, -0.05) is 0 Å². The maximum atomic E-state index is 10.4. The van der Waals surface area contributed by atoms with Crippen LogP contribution in [0.25, 0.3) is 0 Å². The molecule has 1 saturated carbocycles. The van der Waals surface area contributed by atoms with Gasteiger partial charge in [0, 0.05) is 13.0 Å². The van der Waals surface area contributed by atoms with Crippen LogP contribution in [0.15, 0.2) is 6.33 Å². The lowest BCUT2D eigenvalue weighted by Gasteiger charge is -2.02. The summed E-state index contributed by atoms with van der Waals surface area (Å²) in [6, 6.07) is 0. The van der Waals surface area contributed by atoms with E-state index in [2.05, 4.69) is 10.1 Å². The molecule has 1 aliphatic rings. The minimum Gasteiger partial charge on any atom is -0.481 e. The first-order chi connectivity index (χ1) is 6.75. The SMILES string of the molecule is O=C(O)CCc1ncnn1CC1CC1. The molecule has 0 saturated heterocycles. The van der Waals surface area contributed by atoms with Gasteiger partial charge < -0.3 is 5.11 Å². The van der Waals surface area contributed by atoms with E-state index < -0.39 is 5.97 Å². The van der Waals surface area contributed by atoms with E-state index >= 15 is 0 Å². The molecule has 0 amide bonds. The number of carboxylic acids is 1. The lowest BCUT2D eigenvalue weighted by Crippen LogP contribution is -2.09. The minimum atomic E-state index is -0.786. The van der Waals surface area contributed by atoms with Crippen molar-refractivity contribution in [2.45, 2.75) is 32.2 Å². The van der Waals surface area contributed by atoms with E-state index in [4.69, 9.17) is 5.11 Å². The van der Waals surface area contributed by atoms with E-state index in [1.54, 1.807) is 0 Å². The second kappa shape index (κ2) is 3.77.